The molecule has 25 heavy (non-hydrogen) atoms. The molecule has 0 saturated heterocycles. The molecule has 2 aromatic rings. The molecule has 2 N–H and O–H groups in total. The van der Waals surface area contributed by atoms with Crippen molar-refractivity contribution in [2.75, 3.05) is 10.6 Å². The van der Waals surface area contributed by atoms with E-state index in [1.54, 1.807) is 24.3 Å². The maximum absolute atomic E-state index is 12.2. The van der Waals surface area contributed by atoms with Gasteiger partial charge in [-0.3, -0.25) is 9.59 Å². The van der Waals surface area contributed by atoms with Gasteiger partial charge >= 0.3 is 0 Å². The summed E-state index contributed by atoms with van der Waals surface area (Å²) in [5, 5.41) is 14.8. The number of rotatable bonds is 5. The van der Waals surface area contributed by atoms with Gasteiger partial charge in [0, 0.05) is 23.1 Å². The van der Waals surface area contributed by atoms with Crippen LogP contribution >= 0.6 is 0 Å². The SMILES string of the molecule is CC(=O)c1ccc(NC(=O)/C(C#N)=C\Nc2ccc(C)c(C)c2)cc1. The predicted molar refractivity (Wildman–Crippen MR) is 98.3 cm³/mol. The third-order valence-corrected chi connectivity index (χ3v) is 3.80. The van der Waals surface area contributed by atoms with Crippen molar-refractivity contribution < 1.29 is 9.59 Å². The van der Waals surface area contributed by atoms with Crippen LogP contribution in [0.3, 0.4) is 0 Å². The van der Waals surface area contributed by atoms with E-state index in [1.807, 2.05) is 38.1 Å². The number of aryl methyl sites for hydroxylation is 2. The third-order valence-electron chi connectivity index (χ3n) is 3.80. The predicted octanol–water partition coefficient (Wildman–Crippen LogP) is 3.96. The molecule has 126 valence electrons. The Morgan fingerprint density at radius 2 is 1.64 bits per heavy atom. The van der Waals surface area contributed by atoms with E-state index in [1.165, 1.54) is 18.7 Å². The fraction of sp³-hybridized carbons (Fsp3) is 0.150. The van der Waals surface area contributed by atoms with E-state index >= 15 is 0 Å². The van der Waals surface area contributed by atoms with Crippen LogP contribution in [0.1, 0.15) is 28.4 Å². The number of benzene rings is 2. The number of carbonyl (C=O) groups excluding carboxylic acids is 2. The molecule has 0 aliphatic rings. The van der Waals surface area contributed by atoms with Crippen LogP contribution in [0.4, 0.5) is 11.4 Å². The van der Waals surface area contributed by atoms with Crippen LogP contribution in [0, 0.1) is 25.2 Å². The maximum atomic E-state index is 12.2. The van der Waals surface area contributed by atoms with Crippen molar-refractivity contribution in [2.45, 2.75) is 20.8 Å². The third kappa shape index (κ3) is 4.79. The van der Waals surface area contributed by atoms with Crippen molar-refractivity contribution in [3.8, 4) is 6.07 Å². The van der Waals surface area contributed by atoms with Crippen molar-refractivity contribution in [1.29, 1.82) is 5.26 Å². The molecule has 0 bridgehead atoms. The molecule has 0 atom stereocenters. The molecule has 2 aromatic carbocycles. The van der Waals surface area contributed by atoms with E-state index in [9.17, 15) is 14.9 Å². The monoisotopic (exact) mass is 333 g/mol. The number of hydrogen-bond donors (Lipinski definition) is 2. The van der Waals surface area contributed by atoms with E-state index in [4.69, 9.17) is 0 Å². The van der Waals surface area contributed by atoms with E-state index in [0.29, 0.717) is 11.3 Å². The highest BCUT2D eigenvalue weighted by molar-refractivity contribution is 6.07. The maximum Gasteiger partial charge on any atom is 0.267 e. The smallest absolute Gasteiger partial charge is 0.267 e. The Balaban J connectivity index is 2.08. The highest BCUT2D eigenvalue weighted by Crippen LogP contribution is 2.15. The van der Waals surface area contributed by atoms with Crippen LogP contribution in [-0.4, -0.2) is 11.7 Å². The Morgan fingerprint density at radius 3 is 2.20 bits per heavy atom. The average Bonchev–Trinajstić information content (AvgIpc) is 2.59. The minimum absolute atomic E-state index is 0.0473. The van der Waals surface area contributed by atoms with Gasteiger partial charge < -0.3 is 10.6 Å². The Bertz CT molecular complexity index is 875. The Kier molecular flexibility index (Phi) is 5.70. The van der Waals surface area contributed by atoms with Gasteiger partial charge in [0.05, 0.1) is 0 Å². The molecule has 0 heterocycles. The summed E-state index contributed by atoms with van der Waals surface area (Å²) in [5.74, 6) is -0.567. The number of amides is 1. The lowest BCUT2D eigenvalue weighted by atomic mass is 10.1. The van der Waals surface area contributed by atoms with E-state index < -0.39 is 5.91 Å². The summed E-state index contributed by atoms with van der Waals surface area (Å²) in [4.78, 5) is 23.4. The molecule has 0 aromatic heterocycles. The zero-order valence-electron chi connectivity index (χ0n) is 14.4. The van der Waals surface area contributed by atoms with Crippen LogP contribution in [0.25, 0.3) is 0 Å². The molecule has 2 rings (SSSR count). The minimum Gasteiger partial charge on any atom is -0.360 e. The van der Waals surface area contributed by atoms with Crippen LogP contribution in [0.15, 0.2) is 54.2 Å². The fourth-order valence-electron chi connectivity index (χ4n) is 2.12. The van der Waals surface area contributed by atoms with Crippen molar-refractivity contribution in [1.82, 2.24) is 0 Å². The highest BCUT2D eigenvalue weighted by Gasteiger charge is 2.09. The van der Waals surface area contributed by atoms with Crippen LogP contribution in [-0.2, 0) is 4.79 Å². The molecule has 5 nitrogen and oxygen atoms in total. The van der Waals surface area contributed by atoms with E-state index in [2.05, 4.69) is 10.6 Å². The number of nitrogens with zero attached hydrogens (tertiary/aromatic N) is 1. The van der Waals surface area contributed by atoms with Crippen LogP contribution < -0.4 is 10.6 Å². The van der Waals surface area contributed by atoms with Crippen molar-refractivity contribution >= 4 is 23.1 Å². The first kappa shape index (κ1) is 18.0. The summed E-state index contributed by atoms with van der Waals surface area (Å²) < 4.78 is 0. The first-order valence-electron chi connectivity index (χ1n) is 7.77. The van der Waals surface area contributed by atoms with Crippen LogP contribution in [0.5, 0.6) is 0 Å². The molecule has 0 aliphatic carbocycles. The van der Waals surface area contributed by atoms with Gasteiger partial charge in [-0.2, -0.15) is 5.26 Å². The number of ketones is 1. The minimum atomic E-state index is -0.519. The highest BCUT2D eigenvalue weighted by atomic mass is 16.1. The van der Waals surface area contributed by atoms with Gasteiger partial charge in [-0.25, -0.2) is 0 Å². The summed E-state index contributed by atoms with van der Waals surface area (Å²) in [6, 6.07) is 14.2. The van der Waals surface area contributed by atoms with Crippen molar-refractivity contribution in [2.24, 2.45) is 0 Å². The topological polar surface area (TPSA) is 82.0 Å². The van der Waals surface area contributed by atoms with Crippen molar-refractivity contribution in [3.05, 3.63) is 70.9 Å². The summed E-state index contributed by atoms with van der Waals surface area (Å²) >= 11 is 0. The number of nitrogens with one attached hydrogen (secondary N) is 2. The lowest BCUT2D eigenvalue weighted by molar-refractivity contribution is -0.112. The molecule has 0 saturated carbocycles. The van der Waals surface area contributed by atoms with Gasteiger partial charge in [0.15, 0.2) is 5.78 Å². The summed E-state index contributed by atoms with van der Waals surface area (Å²) in [7, 11) is 0. The first-order valence-corrected chi connectivity index (χ1v) is 7.77. The standard InChI is InChI=1S/C20H19N3O2/c1-13-4-7-19(10-14(13)2)22-12-17(11-21)20(25)23-18-8-5-16(6-9-18)15(3)24/h4-10,12,22H,1-3H3,(H,23,25)/b17-12-. The molecule has 0 aliphatic heterocycles. The summed E-state index contributed by atoms with van der Waals surface area (Å²) in [6.45, 7) is 5.48. The number of hydrogen-bond acceptors (Lipinski definition) is 4. The second-order valence-corrected chi connectivity index (χ2v) is 5.70. The Labute approximate surface area is 147 Å². The Hall–Kier alpha value is -3.39. The van der Waals surface area contributed by atoms with Crippen molar-refractivity contribution in [3.63, 3.8) is 0 Å². The molecule has 5 heteroatoms. The van der Waals surface area contributed by atoms with E-state index in [-0.39, 0.29) is 11.4 Å². The summed E-state index contributed by atoms with van der Waals surface area (Å²) in [5.41, 5.74) is 4.12. The fourth-order valence-corrected chi connectivity index (χ4v) is 2.12. The molecular formula is C20H19N3O2. The number of carbonyl (C=O) groups is 2. The quantitative estimate of drug-likeness (QED) is 0.493. The van der Waals surface area contributed by atoms with Gasteiger partial charge in [-0.1, -0.05) is 6.07 Å². The molecular weight excluding hydrogens is 314 g/mol. The second-order valence-electron chi connectivity index (χ2n) is 5.70. The van der Waals surface area contributed by atoms with Gasteiger partial charge in [-0.05, 0) is 68.3 Å². The first-order chi connectivity index (χ1) is 11.9. The molecule has 0 fully saturated rings. The molecule has 1 amide bonds. The van der Waals surface area contributed by atoms with Gasteiger partial charge in [0.25, 0.3) is 5.91 Å². The molecule has 0 spiro atoms. The van der Waals surface area contributed by atoms with Gasteiger partial charge in [0.1, 0.15) is 11.6 Å². The Morgan fingerprint density at radius 1 is 1.00 bits per heavy atom. The largest absolute Gasteiger partial charge is 0.360 e. The van der Waals surface area contributed by atoms with Crippen LogP contribution in [0.2, 0.25) is 0 Å². The number of nitriles is 1. The zero-order chi connectivity index (χ0) is 18.4. The average molecular weight is 333 g/mol. The number of anilines is 2. The van der Waals surface area contributed by atoms with Gasteiger partial charge in [-0.15, -0.1) is 0 Å². The zero-order valence-corrected chi connectivity index (χ0v) is 14.4. The summed E-state index contributed by atoms with van der Waals surface area (Å²) in [6.07, 6.45) is 1.38. The van der Waals surface area contributed by atoms with Gasteiger partial charge in [0.2, 0.25) is 0 Å². The molecule has 0 unspecified atom stereocenters. The number of Topliss-reactive ketones (excluding diaryl/α,β-unsaturated/α-hetero) is 1. The normalized spacial score (nSPS) is 10.7. The molecule has 0 radical (unpaired) electrons. The lowest BCUT2D eigenvalue weighted by Crippen LogP contribution is -2.14. The lowest BCUT2D eigenvalue weighted by Gasteiger charge is -2.07. The second kappa shape index (κ2) is 7.93. The van der Waals surface area contributed by atoms with E-state index in [0.717, 1.165) is 11.3 Å².